The second-order valence-electron chi connectivity index (χ2n) is 8.48. The van der Waals surface area contributed by atoms with Crippen LogP contribution in [-0.4, -0.2) is 83.9 Å². The number of nitriles is 1. The lowest BCUT2D eigenvalue weighted by Crippen LogP contribution is -2.74. The summed E-state index contributed by atoms with van der Waals surface area (Å²) in [5.41, 5.74) is 6.38. The fraction of sp³-hybridized carbons (Fsp3) is 0.600. The molecule has 3 aliphatic rings. The summed E-state index contributed by atoms with van der Waals surface area (Å²) in [6.07, 6.45) is 7.59. The third-order valence-corrected chi connectivity index (χ3v) is 6.87. The van der Waals surface area contributed by atoms with Gasteiger partial charge in [-0.2, -0.15) is 10.2 Å². The Balaban J connectivity index is 1.50. The van der Waals surface area contributed by atoms with Crippen LogP contribution in [0.2, 0.25) is 5.02 Å². The van der Waals surface area contributed by atoms with Crippen molar-refractivity contribution in [2.45, 2.75) is 30.3 Å². The molecule has 3 N–H and O–H groups in total. The van der Waals surface area contributed by atoms with Crippen LogP contribution >= 0.6 is 11.6 Å². The number of anilines is 2. The highest BCUT2D eigenvalue weighted by Gasteiger charge is 2.56. The van der Waals surface area contributed by atoms with Crippen LogP contribution in [0.3, 0.4) is 0 Å². The first kappa shape index (κ1) is 20.8. The average Bonchev–Trinajstić information content (AvgIpc) is 3.48. The summed E-state index contributed by atoms with van der Waals surface area (Å²) in [4.78, 5) is 19.9. The van der Waals surface area contributed by atoms with E-state index in [0.717, 1.165) is 32.7 Å². The van der Waals surface area contributed by atoms with Crippen molar-refractivity contribution < 1.29 is 0 Å². The number of nitrogens with zero attached hydrogens (tertiary/aromatic N) is 7. The quantitative estimate of drug-likeness (QED) is 0.651. The third-order valence-electron chi connectivity index (χ3n) is 6.61. The van der Waals surface area contributed by atoms with E-state index in [2.05, 4.69) is 48.1 Å². The molecule has 0 unspecified atom stereocenters. The highest BCUT2D eigenvalue weighted by atomic mass is 35.5. The summed E-state index contributed by atoms with van der Waals surface area (Å²) in [6.45, 7) is 4.52. The highest BCUT2D eigenvalue weighted by Crippen LogP contribution is 2.47. The molecule has 160 valence electrons. The Hall–Kier alpha value is -2.41. The van der Waals surface area contributed by atoms with Gasteiger partial charge in [0.1, 0.15) is 5.02 Å². The van der Waals surface area contributed by atoms with Crippen molar-refractivity contribution in [1.29, 1.82) is 5.26 Å². The maximum atomic E-state index is 9.53. The van der Waals surface area contributed by atoms with Gasteiger partial charge in [-0.05, 0) is 19.9 Å². The molecule has 0 aromatic carbocycles. The van der Waals surface area contributed by atoms with E-state index >= 15 is 0 Å². The van der Waals surface area contributed by atoms with Gasteiger partial charge in [-0.25, -0.2) is 4.98 Å². The Bertz CT molecular complexity index is 896. The van der Waals surface area contributed by atoms with Crippen molar-refractivity contribution in [2.75, 3.05) is 57.0 Å². The monoisotopic (exact) mass is 429 g/mol. The van der Waals surface area contributed by atoms with Crippen LogP contribution in [-0.2, 0) is 0 Å². The molecule has 0 bridgehead atoms. The standard InChI is InChI=1S/C20H28ClN9/c1-24-10-15(9-23)26-18-25-11-16(21)17(27-18)29-12-20(13-29,5-6-22)30-8-7-28(2)19(14-30)3-4-19/h9-11H,3-5,7-8,12-14,23H2,1-2H3,(H,25,26,27)/b15-9+,24-10?. The smallest absolute Gasteiger partial charge is 0.229 e. The predicted octanol–water partition coefficient (Wildman–Crippen LogP) is 1.30. The number of nitrogens with one attached hydrogen (secondary N) is 1. The molecule has 9 nitrogen and oxygen atoms in total. The molecule has 1 spiro atoms. The van der Waals surface area contributed by atoms with E-state index in [4.69, 9.17) is 17.3 Å². The molecule has 0 radical (unpaired) electrons. The Kier molecular flexibility index (Phi) is 5.57. The lowest BCUT2D eigenvalue weighted by atomic mass is 9.83. The number of aromatic nitrogens is 2. The van der Waals surface area contributed by atoms with Crippen molar-refractivity contribution in [1.82, 2.24) is 19.8 Å². The highest BCUT2D eigenvalue weighted by molar-refractivity contribution is 6.32. The zero-order valence-corrected chi connectivity index (χ0v) is 18.2. The molecule has 2 aliphatic heterocycles. The van der Waals surface area contributed by atoms with E-state index in [1.165, 1.54) is 19.0 Å². The molecule has 0 atom stereocenters. The average molecular weight is 430 g/mol. The van der Waals surface area contributed by atoms with Crippen molar-refractivity contribution in [3.05, 3.63) is 23.1 Å². The summed E-state index contributed by atoms with van der Waals surface area (Å²) in [7, 11) is 3.88. The third kappa shape index (κ3) is 3.71. The van der Waals surface area contributed by atoms with Crippen LogP contribution < -0.4 is 16.0 Å². The van der Waals surface area contributed by atoms with E-state index in [1.807, 2.05) is 0 Å². The summed E-state index contributed by atoms with van der Waals surface area (Å²) < 4.78 is 0. The fourth-order valence-corrected chi connectivity index (χ4v) is 4.77. The van der Waals surface area contributed by atoms with E-state index in [0.29, 0.717) is 34.4 Å². The molecular formula is C20H28ClN9. The summed E-state index contributed by atoms with van der Waals surface area (Å²) in [5.74, 6) is 1.07. The zero-order chi connectivity index (χ0) is 21.4. The fourth-order valence-electron chi connectivity index (χ4n) is 4.56. The molecule has 0 amide bonds. The molecular weight excluding hydrogens is 402 g/mol. The van der Waals surface area contributed by atoms with E-state index in [9.17, 15) is 5.26 Å². The maximum Gasteiger partial charge on any atom is 0.229 e. The van der Waals surface area contributed by atoms with Crippen molar-refractivity contribution in [2.24, 2.45) is 10.7 Å². The van der Waals surface area contributed by atoms with Gasteiger partial charge in [0, 0.05) is 57.7 Å². The van der Waals surface area contributed by atoms with Crippen LogP contribution in [0.1, 0.15) is 19.3 Å². The van der Waals surface area contributed by atoms with Gasteiger partial charge in [0.2, 0.25) is 5.95 Å². The SMILES string of the molecule is CN=C/C(=C\N)Nc1ncc(Cl)c(N2CC(CC#N)(N3CCN(C)C4(CC4)C3)C2)n1. The minimum Gasteiger partial charge on any atom is -0.403 e. The van der Waals surface area contributed by atoms with Crippen LogP contribution in [0.5, 0.6) is 0 Å². The number of piperazine rings is 1. The topological polar surface area (TPSA) is 110 Å². The molecule has 4 rings (SSSR count). The van der Waals surface area contributed by atoms with E-state index < -0.39 is 0 Å². The molecule has 1 aromatic rings. The van der Waals surface area contributed by atoms with Crippen LogP contribution in [0, 0.1) is 11.3 Å². The zero-order valence-electron chi connectivity index (χ0n) is 17.5. The number of hydrogen-bond acceptors (Lipinski definition) is 9. The first-order valence-corrected chi connectivity index (χ1v) is 10.5. The van der Waals surface area contributed by atoms with Gasteiger partial charge >= 0.3 is 0 Å². The number of nitrogens with two attached hydrogens (primary N) is 1. The van der Waals surface area contributed by atoms with Gasteiger partial charge in [0.05, 0.1) is 29.9 Å². The summed E-state index contributed by atoms with van der Waals surface area (Å²) >= 11 is 6.42. The molecule has 1 saturated carbocycles. The summed E-state index contributed by atoms with van der Waals surface area (Å²) in [5, 5.41) is 13.1. The number of halogens is 1. The van der Waals surface area contributed by atoms with Crippen LogP contribution in [0.25, 0.3) is 0 Å². The number of hydrogen-bond donors (Lipinski definition) is 2. The molecule has 1 aliphatic carbocycles. The minimum absolute atomic E-state index is 0.148. The molecule has 30 heavy (non-hydrogen) atoms. The molecule has 2 saturated heterocycles. The first-order valence-electron chi connectivity index (χ1n) is 10.2. The van der Waals surface area contributed by atoms with E-state index in [-0.39, 0.29) is 5.54 Å². The number of rotatable bonds is 6. The molecule has 1 aromatic heterocycles. The Labute approximate surface area is 182 Å². The Morgan fingerprint density at radius 1 is 1.40 bits per heavy atom. The number of likely N-dealkylation sites (N-methyl/N-ethyl adjacent to an activating group) is 1. The maximum absolute atomic E-state index is 9.53. The van der Waals surface area contributed by atoms with Gasteiger partial charge < -0.3 is 16.0 Å². The van der Waals surface area contributed by atoms with Crippen molar-refractivity contribution >= 4 is 29.6 Å². The van der Waals surface area contributed by atoms with Crippen LogP contribution in [0.4, 0.5) is 11.8 Å². The second kappa shape index (κ2) is 8.02. The van der Waals surface area contributed by atoms with Crippen molar-refractivity contribution in [3.8, 4) is 6.07 Å². The molecule has 3 fully saturated rings. The second-order valence-corrected chi connectivity index (χ2v) is 8.89. The molecule has 10 heteroatoms. The van der Waals surface area contributed by atoms with Gasteiger partial charge in [-0.1, -0.05) is 11.6 Å². The van der Waals surface area contributed by atoms with Gasteiger partial charge in [0.25, 0.3) is 0 Å². The number of aliphatic imine (C=N–C) groups is 1. The lowest BCUT2D eigenvalue weighted by Gasteiger charge is -2.58. The summed E-state index contributed by atoms with van der Waals surface area (Å²) in [6, 6.07) is 2.42. The Morgan fingerprint density at radius 2 is 2.17 bits per heavy atom. The minimum atomic E-state index is -0.148. The van der Waals surface area contributed by atoms with Gasteiger partial charge in [0.15, 0.2) is 5.82 Å². The van der Waals surface area contributed by atoms with E-state index in [1.54, 1.807) is 19.5 Å². The Morgan fingerprint density at radius 3 is 2.80 bits per heavy atom. The van der Waals surface area contributed by atoms with Crippen molar-refractivity contribution in [3.63, 3.8) is 0 Å². The van der Waals surface area contributed by atoms with Gasteiger partial charge in [-0.15, -0.1) is 0 Å². The van der Waals surface area contributed by atoms with Gasteiger partial charge in [-0.3, -0.25) is 14.8 Å². The first-order chi connectivity index (χ1) is 14.4. The number of allylic oxidation sites excluding steroid dienone is 1. The predicted molar refractivity (Wildman–Crippen MR) is 119 cm³/mol. The largest absolute Gasteiger partial charge is 0.403 e. The van der Waals surface area contributed by atoms with Crippen LogP contribution in [0.15, 0.2) is 23.1 Å². The normalized spacial score (nSPS) is 23.4. The lowest BCUT2D eigenvalue weighted by molar-refractivity contribution is -0.0134. The molecule has 3 heterocycles.